The zero-order chi connectivity index (χ0) is 12.7. The summed E-state index contributed by atoms with van der Waals surface area (Å²) in [6, 6.07) is 0. The predicted molar refractivity (Wildman–Crippen MR) is 71.0 cm³/mol. The summed E-state index contributed by atoms with van der Waals surface area (Å²) in [5.74, 6) is 1.05. The molecule has 0 radical (unpaired) electrons. The van der Waals surface area contributed by atoms with Gasteiger partial charge in [0, 0.05) is 6.61 Å². The average Bonchev–Trinajstić information content (AvgIpc) is 2.67. The molecule has 3 heterocycles. The molecule has 0 aliphatic carbocycles. The maximum absolute atomic E-state index is 5.88. The van der Waals surface area contributed by atoms with Crippen LogP contribution in [0.1, 0.15) is 31.3 Å². The highest BCUT2D eigenvalue weighted by atomic mass is 79.9. The number of nitrogens with two attached hydrogens (primary N) is 1. The molecule has 3 rings (SSSR count). The van der Waals surface area contributed by atoms with Crippen LogP contribution in [0.25, 0.3) is 11.2 Å². The third-order valence-corrected chi connectivity index (χ3v) is 3.64. The minimum atomic E-state index is -0.0215. The highest BCUT2D eigenvalue weighted by Gasteiger charge is 2.23. The smallest absolute Gasteiger partial charge is 0.181 e. The largest absolute Gasteiger partial charge is 0.382 e. The predicted octanol–water partition coefficient (Wildman–Crippen LogP) is 2.18. The normalized spacial score (nSPS) is 20.4. The van der Waals surface area contributed by atoms with E-state index in [-0.39, 0.29) is 6.23 Å². The van der Waals surface area contributed by atoms with Crippen molar-refractivity contribution in [1.29, 1.82) is 0 Å². The van der Waals surface area contributed by atoms with Crippen LogP contribution in [0.2, 0.25) is 0 Å². The maximum Gasteiger partial charge on any atom is 0.181 e. The third-order valence-electron chi connectivity index (χ3n) is 3.08. The summed E-state index contributed by atoms with van der Waals surface area (Å²) in [6.45, 7) is 2.60. The van der Waals surface area contributed by atoms with E-state index in [4.69, 9.17) is 10.5 Å². The second-order valence-corrected chi connectivity index (χ2v) is 5.11. The van der Waals surface area contributed by atoms with E-state index < -0.39 is 0 Å². The van der Waals surface area contributed by atoms with E-state index in [1.807, 2.05) is 11.5 Å². The highest BCUT2D eigenvalue weighted by molar-refractivity contribution is 9.10. The molecule has 1 saturated heterocycles. The van der Waals surface area contributed by atoms with E-state index in [9.17, 15) is 0 Å². The Morgan fingerprint density at radius 1 is 1.33 bits per heavy atom. The lowest BCUT2D eigenvalue weighted by Gasteiger charge is -2.24. The van der Waals surface area contributed by atoms with Gasteiger partial charge in [-0.3, -0.25) is 4.57 Å². The first-order valence-electron chi connectivity index (χ1n) is 5.96. The topological polar surface area (TPSA) is 78.8 Å². The van der Waals surface area contributed by atoms with E-state index >= 15 is 0 Å². The minimum absolute atomic E-state index is 0.0215. The van der Waals surface area contributed by atoms with Gasteiger partial charge in [-0.25, -0.2) is 15.0 Å². The summed E-state index contributed by atoms with van der Waals surface area (Å²) >= 11 is 3.45. The molecule has 1 fully saturated rings. The molecule has 0 spiro atoms. The number of anilines is 1. The Balaban J connectivity index is 2.18. The number of aromatic nitrogens is 4. The van der Waals surface area contributed by atoms with E-state index in [1.165, 1.54) is 0 Å². The van der Waals surface area contributed by atoms with Gasteiger partial charge < -0.3 is 10.5 Å². The molecule has 1 aliphatic heterocycles. The van der Waals surface area contributed by atoms with E-state index in [1.54, 1.807) is 0 Å². The van der Waals surface area contributed by atoms with Crippen molar-refractivity contribution in [2.45, 2.75) is 32.4 Å². The number of hydrogen-bond donors (Lipinski definition) is 1. The maximum atomic E-state index is 5.88. The van der Waals surface area contributed by atoms with Gasteiger partial charge >= 0.3 is 0 Å². The molecule has 0 aromatic carbocycles. The molecule has 2 N–H and O–H groups in total. The fourth-order valence-corrected chi connectivity index (χ4v) is 2.84. The lowest BCUT2D eigenvalue weighted by molar-refractivity contribution is -0.0311. The van der Waals surface area contributed by atoms with Crippen LogP contribution >= 0.6 is 15.9 Å². The molecule has 1 unspecified atom stereocenters. The molecular weight excluding hydrogens is 298 g/mol. The van der Waals surface area contributed by atoms with Gasteiger partial charge in [0.05, 0.1) is 0 Å². The van der Waals surface area contributed by atoms with Crippen LogP contribution in [-0.4, -0.2) is 26.1 Å². The highest BCUT2D eigenvalue weighted by Crippen LogP contribution is 2.31. The zero-order valence-electron chi connectivity index (χ0n) is 10.1. The van der Waals surface area contributed by atoms with Crippen molar-refractivity contribution in [3.05, 3.63) is 10.6 Å². The molecule has 6 nitrogen and oxygen atoms in total. The van der Waals surface area contributed by atoms with Crippen molar-refractivity contribution in [1.82, 2.24) is 19.5 Å². The van der Waals surface area contributed by atoms with E-state index in [0.717, 1.165) is 31.5 Å². The molecule has 18 heavy (non-hydrogen) atoms. The van der Waals surface area contributed by atoms with Crippen molar-refractivity contribution in [2.75, 3.05) is 12.3 Å². The second-order valence-electron chi connectivity index (χ2n) is 4.40. The Bertz CT molecular complexity index is 591. The van der Waals surface area contributed by atoms with Crippen LogP contribution in [-0.2, 0) is 4.74 Å². The summed E-state index contributed by atoms with van der Waals surface area (Å²) in [4.78, 5) is 12.9. The molecule has 1 aliphatic rings. The van der Waals surface area contributed by atoms with Crippen molar-refractivity contribution in [2.24, 2.45) is 0 Å². The van der Waals surface area contributed by atoms with E-state index in [2.05, 4.69) is 30.9 Å². The van der Waals surface area contributed by atoms with Crippen molar-refractivity contribution in [3.63, 3.8) is 0 Å². The quantitative estimate of drug-likeness (QED) is 0.817. The fourth-order valence-electron chi connectivity index (χ4n) is 2.26. The summed E-state index contributed by atoms with van der Waals surface area (Å²) in [6.07, 6.45) is 3.20. The summed E-state index contributed by atoms with van der Waals surface area (Å²) in [5, 5.41) is 0. The van der Waals surface area contributed by atoms with Crippen molar-refractivity contribution in [3.8, 4) is 0 Å². The van der Waals surface area contributed by atoms with E-state index in [0.29, 0.717) is 21.9 Å². The third kappa shape index (κ3) is 1.87. The Hall–Kier alpha value is -1.21. The van der Waals surface area contributed by atoms with Gasteiger partial charge in [0.1, 0.15) is 12.1 Å². The van der Waals surface area contributed by atoms with Gasteiger partial charge in [0.15, 0.2) is 21.7 Å². The SMILES string of the molecule is Cc1nc(N)c2nc(Br)n(C3CCCCO3)c2n1. The zero-order valence-corrected chi connectivity index (χ0v) is 11.6. The van der Waals surface area contributed by atoms with Gasteiger partial charge in [-0.2, -0.15) is 0 Å². The number of rotatable bonds is 1. The Morgan fingerprint density at radius 3 is 2.89 bits per heavy atom. The minimum Gasteiger partial charge on any atom is -0.382 e. The van der Waals surface area contributed by atoms with Gasteiger partial charge in [0.2, 0.25) is 0 Å². The van der Waals surface area contributed by atoms with Gasteiger partial charge in [-0.15, -0.1) is 0 Å². The molecule has 0 bridgehead atoms. The number of fused-ring (bicyclic) bond motifs is 1. The number of halogens is 1. The van der Waals surface area contributed by atoms with Gasteiger partial charge in [0.25, 0.3) is 0 Å². The molecule has 2 aromatic heterocycles. The van der Waals surface area contributed by atoms with Crippen LogP contribution in [0.3, 0.4) is 0 Å². The summed E-state index contributed by atoms with van der Waals surface area (Å²) in [5.41, 5.74) is 7.24. The lowest BCUT2D eigenvalue weighted by atomic mass is 10.2. The molecular formula is C11H14BrN5O. The summed E-state index contributed by atoms with van der Waals surface area (Å²) in [7, 11) is 0. The average molecular weight is 312 g/mol. The first-order valence-corrected chi connectivity index (χ1v) is 6.75. The van der Waals surface area contributed by atoms with Crippen LogP contribution in [0.5, 0.6) is 0 Å². The Kier molecular flexibility index (Phi) is 2.95. The number of aryl methyl sites for hydroxylation is 1. The number of ether oxygens (including phenoxy) is 1. The first-order chi connectivity index (χ1) is 8.66. The molecule has 7 heteroatoms. The van der Waals surface area contributed by atoms with Crippen LogP contribution < -0.4 is 5.73 Å². The number of hydrogen-bond acceptors (Lipinski definition) is 5. The Labute approximate surface area is 113 Å². The first kappa shape index (κ1) is 11.9. The summed E-state index contributed by atoms with van der Waals surface area (Å²) < 4.78 is 8.43. The standard InChI is InChI=1S/C11H14BrN5O/c1-6-14-9(13)8-10(15-6)17(11(12)16-8)7-4-2-3-5-18-7/h7H,2-5H2,1H3,(H2,13,14,15). The molecule has 96 valence electrons. The van der Waals surface area contributed by atoms with Gasteiger partial charge in [-0.1, -0.05) is 0 Å². The van der Waals surface area contributed by atoms with Crippen molar-refractivity contribution >= 4 is 32.9 Å². The Morgan fingerprint density at radius 2 is 2.17 bits per heavy atom. The monoisotopic (exact) mass is 311 g/mol. The van der Waals surface area contributed by atoms with Crippen LogP contribution in [0.15, 0.2) is 4.73 Å². The molecule has 2 aromatic rings. The molecule has 0 saturated carbocycles. The van der Waals surface area contributed by atoms with Gasteiger partial charge in [-0.05, 0) is 42.1 Å². The van der Waals surface area contributed by atoms with Crippen LogP contribution in [0.4, 0.5) is 5.82 Å². The molecule has 1 atom stereocenters. The number of nitrogens with zero attached hydrogens (tertiary/aromatic N) is 4. The second kappa shape index (κ2) is 4.47. The molecule has 0 amide bonds. The fraction of sp³-hybridized carbons (Fsp3) is 0.545. The lowest BCUT2D eigenvalue weighted by Crippen LogP contribution is -2.18. The number of imidazole rings is 1. The van der Waals surface area contributed by atoms with Crippen molar-refractivity contribution < 1.29 is 4.74 Å². The van der Waals surface area contributed by atoms with Crippen LogP contribution in [0, 0.1) is 6.92 Å². The number of nitrogen functional groups attached to an aromatic ring is 1.